The Kier molecular flexibility index (Phi) is 15.4. The average Bonchev–Trinajstić information content (AvgIpc) is 2.99. The zero-order valence-corrected chi connectivity index (χ0v) is 24.9. The predicted molar refractivity (Wildman–Crippen MR) is 150 cm³/mol. The van der Waals surface area contributed by atoms with Crippen LogP contribution in [0.5, 0.6) is 17.2 Å². The number of phenolic OH excluding ortho intramolecular Hbond substituents is 1. The van der Waals surface area contributed by atoms with Gasteiger partial charge in [-0.3, -0.25) is 4.99 Å². The number of hydrogen-bond acceptors (Lipinski definition) is 7. The summed E-state index contributed by atoms with van der Waals surface area (Å²) in [5, 5.41) is 10.3. The average molecular weight is 678 g/mol. The minimum atomic E-state index is -6.87. The summed E-state index contributed by atoms with van der Waals surface area (Å²) in [6.07, 6.45) is -7.69. The summed E-state index contributed by atoms with van der Waals surface area (Å²) in [5.41, 5.74) is 0.969. The Labute approximate surface area is 260 Å². The number of alkyl halides is 9. The van der Waals surface area contributed by atoms with E-state index in [1.807, 2.05) is 0 Å². The molecule has 260 valence electrons. The number of rotatable bonds is 22. The molecule has 16 heteroatoms. The number of halogens is 9. The summed E-state index contributed by atoms with van der Waals surface area (Å²) < 4.78 is 143. The maximum atomic E-state index is 13.6. The number of methoxy groups -OCH3 is 1. The van der Waals surface area contributed by atoms with E-state index in [0.29, 0.717) is 56.6 Å². The van der Waals surface area contributed by atoms with Crippen LogP contribution in [0.15, 0.2) is 47.5 Å². The fraction of sp³-hybridized carbons (Fsp3) is 0.567. The van der Waals surface area contributed by atoms with Gasteiger partial charge in [0.05, 0.1) is 45.3 Å². The molecule has 1 N–H and O–H groups in total. The molecule has 0 fully saturated rings. The van der Waals surface area contributed by atoms with Gasteiger partial charge in [-0.05, 0) is 49.2 Å². The van der Waals surface area contributed by atoms with Gasteiger partial charge in [-0.25, -0.2) is 0 Å². The van der Waals surface area contributed by atoms with Crippen LogP contribution in [0.2, 0.25) is 0 Å². The molecule has 7 nitrogen and oxygen atoms in total. The van der Waals surface area contributed by atoms with Crippen LogP contribution in [0.4, 0.5) is 45.2 Å². The van der Waals surface area contributed by atoms with E-state index in [1.54, 1.807) is 31.4 Å². The van der Waals surface area contributed by atoms with Gasteiger partial charge in [-0.1, -0.05) is 12.8 Å². The number of benzene rings is 2. The molecule has 0 heterocycles. The smallest absolute Gasteiger partial charge is 0.460 e. The first-order valence-corrected chi connectivity index (χ1v) is 14.2. The van der Waals surface area contributed by atoms with Crippen molar-refractivity contribution in [2.24, 2.45) is 4.99 Å². The molecule has 0 bridgehead atoms. The van der Waals surface area contributed by atoms with Crippen LogP contribution in [0, 0.1) is 0 Å². The zero-order valence-electron chi connectivity index (χ0n) is 24.9. The second-order valence-electron chi connectivity index (χ2n) is 9.90. The van der Waals surface area contributed by atoms with Gasteiger partial charge in [0.15, 0.2) is 0 Å². The SMILES string of the molecule is COCCOCCOCCOc1ccc(N=Cc2ccc(OCCCCCCC(F)(F)C(F)(F)C(F)(F)C(F)(F)F)cc2O)cc1. The van der Waals surface area contributed by atoms with Gasteiger partial charge in [-0.15, -0.1) is 0 Å². The molecule has 2 rings (SSSR count). The van der Waals surface area contributed by atoms with Crippen LogP contribution in [0.3, 0.4) is 0 Å². The van der Waals surface area contributed by atoms with Crippen LogP contribution in [0.25, 0.3) is 0 Å². The van der Waals surface area contributed by atoms with Crippen molar-refractivity contribution in [3.8, 4) is 17.2 Å². The third-order valence-corrected chi connectivity index (χ3v) is 6.36. The lowest BCUT2D eigenvalue weighted by molar-refractivity contribution is -0.396. The van der Waals surface area contributed by atoms with E-state index >= 15 is 0 Å². The standard InChI is InChI=1S/C30H36F9NO6/c1-42-14-15-43-16-17-44-18-19-46-24-10-7-23(8-11-24)40-21-22-6-9-25(20-26(22)41)45-13-5-3-2-4-12-27(31,32)28(33,34)29(35,36)30(37,38)39/h6-11,20-21,41H,2-5,12-19H2,1H3. The van der Waals surface area contributed by atoms with Gasteiger partial charge in [0.1, 0.15) is 23.9 Å². The highest BCUT2D eigenvalue weighted by Crippen LogP contribution is 2.54. The van der Waals surface area contributed by atoms with Crippen molar-refractivity contribution in [1.29, 1.82) is 0 Å². The summed E-state index contributed by atoms with van der Waals surface area (Å²) in [5.74, 6) is -18.3. The fourth-order valence-electron chi connectivity index (χ4n) is 3.73. The number of aliphatic imine (C=N–C) groups is 1. The Balaban J connectivity index is 1.68. The quantitative estimate of drug-likeness (QED) is 0.0774. The van der Waals surface area contributed by atoms with Crippen LogP contribution in [-0.4, -0.2) is 88.6 Å². The lowest BCUT2D eigenvalue weighted by Crippen LogP contribution is -2.60. The summed E-state index contributed by atoms with van der Waals surface area (Å²) in [6.45, 7) is 2.70. The van der Waals surface area contributed by atoms with E-state index in [9.17, 15) is 44.6 Å². The Morgan fingerprint density at radius 3 is 1.83 bits per heavy atom. The molecule has 0 spiro atoms. The van der Waals surface area contributed by atoms with Gasteiger partial charge >= 0.3 is 23.9 Å². The number of unbranched alkanes of at least 4 members (excludes halogenated alkanes) is 3. The number of phenols is 1. The second kappa shape index (κ2) is 18.2. The zero-order chi connectivity index (χ0) is 34.3. The Hall–Kier alpha value is -3.24. The highest BCUT2D eigenvalue weighted by atomic mass is 19.4. The van der Waals surface area contributed by atoms with Gasteiger partial charge in [-0.2, -0.15) is 39.5 Å². The first-order valence-electron chi connectivity index (χ1n) is 14.2. The first kappa shape index (κ1) is 38.9. The summed E-state index contributed by atoms with van der Waals surface area (Å²) in [7, 11) is 1.59. The predicted octanol–water partition coefficient (Wildman–Crippen LogP) is 8.00. The van der Waals surface area contributed by atoms with Gasteiger partial charge in [0, 0.05) is 31.4 Å². The molecule has 0 saturated carbocycles. The van der Waals surface area contributed by atoms with Crippen LogP contribution < -0.4 is 9.47 Å². The third-order valence-electron chi connectivity index (χ3n) is 6.36. The monoisotopic (exact) mass is 677 g/mol. The molecule has 0 aliphatic rings. The van der Waals surface area contributed by atoms with Crippen molar-refractivity contribution in [3.63, 3.8) is 0 Å². The van der Waals surface area contributed by atoms with E-state index in [-0.39, 0.29) is 37.4 Å². The highest BCUT2D eigenvalue weighted by molar-refractivity contribution is 5.85. The van der Waals surface area contributed by atoms with Crippen molar-refractivity contribution < 1.29 is 68.3 Å². The molecule has 0 aliphatic carbocycles. The van der Waals surface area contributed by atoms with Crippen molar-refractivity contribution in [3.05, 3.63) is 48.0 Å². The number of hydrogen-bond donors (Lipinski definition) is 1. The van der Waals surface area contributed by atoms with Gasteiger partial charge in [0.2, 0.25) is 0 Å². The van der Waals surface area contributed by atoms with Crippen LogP contribution >= 0.6 is 0 Å². The van der Waals surface area contributed by atoms with Gasteiger partial charge in [0.25, 0.3) is 0 Å². The van der Waals surface area contributed by atoms with E-state index in [0.717, 1.165) is 0 Å². The maximum absolute atomic E-state index is 13.6. The molecule has 0 aliphatic heterocycles. The van der Waals surface area contributed by atoms with Crippen molar-refractivity contribution >= 4 is 11.9 Å². The number of ether oxygens (including phenoxy) is 5. The molecule has 46 heavy (non-hydrogen) atoms. The van der Waals surface area contributed by atoms with Crippen molar-refractivity contribution in [2.45, 2.75) is 56.0 Å². The molecular weight excluding hydrogens is 641 g/mol. The molecule has 0 unspecified atom stereocenters. The fourth-order valence-corrected chi connectivity index (χ4v) is 3.73. The topological polar surface area (TPSA) is 78.7 Å². The minimum absolute atomic E-state index is 0.0371. The van der Waals surface area contributed by atoms with Crippen LogP contribution in [0.1, 0.15) is 37.7 Å². The normalized spacial score (nSPS) is 13.0. The number of nitrogens with zero attached hydrogens (tertiary/aromatic N) is 1. The van der Waals surface area contributed by atoms with Gasteiger partial charge < -0.3 is 28.8 Å². The van der Waals surface area contributed by atoms with Crippen molar-refractivity contribution in [1.82, 2.24) is 0 Å². The molecule has 0 aromatic heterocycles. The Bertz CT molecular complexity index is 1190. The van der Waals surface area contributed by atoms with Crippen LogP contribution in [-0.2, 0) is 14.2 Å². The largest absolute Gasteiger partial charge is 0.507 e. The molecule has 0 radical (unpaired) electrons. The molecular formula is C30H36F9NO6. The first-order chi connectivity index (χ1) is 21.6. The minimum Gasteiger partial charge on any atom is -0.507 e. The second-order valence-corrected chi connectivity index (χ2v) is 9.90. The third kappa shape index (κ3) is 11.8. The molecule has 2 aromatic rings. The maximum Gasteiger partial charge on any atom is 0.460 e. The van der Waals surface area contributed by atoms with E-state index in [2.05, 4.69) is 4.99 Å². The lowest BCUT2D eigenvalue weighted by Gasteiger charge is -2.33. The Morgan fingerprint density at radius 1 is 0.652 bits per heavy atom. The van der Waals surface area contributed by atoms with E-state index < -0.39 is 36.8 Å². The summed E-state index contributed by atoms with van der Waals surface area (Å²) >= 11 is 0. The lowest BCUT2D eigenvalue weighted by atomic mass is 9.98. The van der Waals surface area contributed by atoms with Crippen molar-refractivity contribution in [2.75, 3.05) is 53.4 Å². The molecule has 0 amide bonds. The summed E-state index contributed by atoms with van der Waals surface area (Å²) in [4.78, 5) is 4.29. The molecule has 2 aromatic carbocycles. The van der Waals surface area contributed by atoms with E-state index in [1.165, 1.54) is 24.4 Å². The van der Waals surface area contributed by atoms with E-state index in [4.69, 9.17) is 23.7 Å². The molecule has 0 saturated heterocycles. The number of aromatic hydroxyl groups is 1. The Morgan fingerprint density at radius 2 is 1.22 bits per heavy atom. The molecule has 0 atom stereocenters. The highest BCUT2D eigenvalue weighted by Gasteiger charge is 2.81. The summed E-state index contributed by atoms with van der Waals surface area (Å²) in [6, 6.07) is 11.3.